The number of hydrogen-bond donors (Lipinski definition) is 0. The smallest absolute Gasteiger partial charge is 0.164 e. The van der Waals surface area contributed by atoms with Crippen LogP contribution in [0.4, 0.5) is 0 Å². The van der Waals surface area contributed by atoms with Gasteiger partial charge in [0.2, 0.25) is 0 Å². The quantitative estimate of drug-likeness (QED) is 0.733. The van der Waals surface area contributed by atoms with Crippen LogP contribution >= 0.6 is 27.9 Å². The van der Waals surface area contributed by atoms with Gasteiger partial charge in [-0.1, -0.05) is 11.6 Å². The van der Waals surface area contributed by atoms with E-state index in [0.717, 1.165) is 5.39 Å². The molecule has 124 valence electrons. The molecule has 2 aliphatic heterocycles. The number of rotatable bonds is 3. The second-order valence-corrected chi connectivity index (χ2v) is 6.85. The highest BCUT2D eigenvalue weighted by Gasteiger charge is 2.56. The van der Waals surface area contributed by atoms with Gasteiger partial charge in [-0.2, -0.15) is 0 Å². The summed E-state index contributed by atoms with van der Waals surface area (Å²) in [4.78, 5) is 8.32. The van der Waals surface area contributed by atoms with E-state index in [1.165, 1.54) is 6.33 Å². The van der Waals surface area contributed by atoms with Crippen LogP contribution in [0, 0.1) is 0 Å². The maximum absolute atomic E-state index is 6.12. The van der Waals surface area contributed by atoms with Gasteiger partial charge in [-0.25, -0.2) is 9.97 Å². The molecule has 9 heteroatoms. The molecule has 0 spiro atoms. The molecule has 0 radical (unpaired) electrons. The summed E-state index contributed by atoms with van der Waals surface area (Å²) in [6, 6.07) is 1.87. The van der Waals surface area contributed by atoms with E-state index in [4.69, 9.17) is 29.6 Å². The van der Waals surface area contributed by atoms with Gasteiger partial charge in [0.15, 0.2) is 12.0 Å². The summed E-state index contributed by atoms with van der Waals surface area (Å²) in [5, 5.41) is 1.18. The fourth-order valence-electron chi connectivity index (χ4n) is 3.22. The molecule has 0 bridgehead atoms. The Kier molecular flexibility index (Phi) is 3.86. The maximum Gasteiger partial charge on any atom is 0.164 e. The molecule has 0 saturated carbocycles. The third kappa shape index (κ3) is 2.57. The Morgan fingerprint density at radius 2 is 2.13 bits per heavy atom. The van der Waals surface area contributed by atoms with Gasteiger partial charge < -0.3 is 22.6 Å². The third-order valence-corrected chi connectivity index (χ3v) is 4.65. The molecule has 4 heterocycles. The zero-order valence-electron chi connectivity index (χ0n) is 12.5. The van der Waals surface area contributed by atoms with E-state index in [-0.39, 0.29) is 24.5 Å². The molecule has 23 heavy (non-hydrogen) atoms. The largest absolute Gasteiger partial charge is 0.347 e. The predicted octanol–water partition coefficient (Wildman–Crippen LogP) is 2.83. The number of fused-ring (bicyclic) bond motifs is 2. The lowest BCUT2D eigenvalue weighted by Crippen LogP contribution is -2.32. The lowest BCUT2D eigenvalue weighted by atomic mass is 10.1. The molecule has 0 aromatic carbocycles. The van der Waals surface area contributed by atoms with Gasteiger partial charge >= 0.3 is 0 Å². The summed E-state index contributed by atoms with van der Waals surface area (Å²) >= 11 is 9.11. The first-order chi connectivity index (χ1) is 11.0. The highest BCUT2D eigenvalue weighted by Crippen LogP contribution is 2.44. The van der Waals surface area contributed by atoms with Gasteiger partial charge in [0.1, 0.15) is 35.4 Å². The van der Waals surface area contributed by atoms with E-state index >= 15 is 0 Å². The van der Waals surface area contributed by atoms with Gasteiger partial charge in [-0.15, -0.1) is 0 Å². The van der Waals surface area contributed by atoms with Crippen LogP contribution < -0.4 is 0 Å². The minimum atomic E-state index is -0.669. The Morgan fingerprint density at radius 3 is 2.91 bits per heavy atom. The minimum absolute atomic E-state index is 0.220. The highest BCUT2D eigenvalue weighted by molar-refractivity contribution is 9.06. The van der Waals surface area contributed by atoms with Gasteiger partial charge in [0, 0.05) is 6.20 Å². The van der Waals surface area contributed by atoms with Crippen LogP contribution in [0.25, 0.3) is 11.0 Å². The van der Waals surface area contributed by atoms with Crippen molar-refractivity contribution in [1.29, 1.82) is 0 Å². The lowest BCUT2D eigenvalue weighted by Gasteiger charge is -2.24. The van der Waals surface area contributed by atoms with E-state index in [9.17, 15) is 0 Å². The molecule has 7 nitrogen and oxygen atoms in total. The Labute approximate surface area is 146 Å². The van der Waals surface area contributed by atoms with Crippen LogP contribution in [-0.2, 0) is 18.0 Å². The highest BCUT2D eigenvalue weighted by atomic mass is 79.9. The zero-order valence-corrected chi connectivity index (χ0v) is 14.8. The fraction of sp³-hybridized carbons (Fsp3) is 0.571. The molecular weight excluding hydrogens is 390 g/mol. The van der Waals surface area contributed by atoms with Gasteiger partial charge in [0.25, 0.3) is 0 Å². The van der Waals surface area contributed by atoms with Crippen LogP contribution in [0.3, 0.4) is 0 Å². The summed E-state index contributed by atoms with van der Waals surface area (Å²) in [6.45, 7) is 4.13. The molecule has 0 N–H and O–H groups in total. The van der Waals surface area contributed by atoms with Crippen molar-refractivity contribution < 1.29 is 18.0 Å². The maximum atomic E-state index is 6.12. The van der Waals surface area contributed by atoms with Crippen molar-refractivity contribution in [1.82, 2.24) is 14.5 Å². The molecule has 2 saturated heterocycles. The molecule has 4 atom stereocenters. The monoisotopic (exact) mass is 403 g/mol. The molecular formula is C14H15BrClN3O4. The zero-order chi connectivity index (χ0) is 16.2. The summed E-state index contributed by atoms with van der Waals surface area (Å²) < 4.78 is 25.1. The molecule has 2 aliphatic rings. The first kappa shape index (κ1) is 15.7. The number of ether oxygens (including phenoxy) is 3. The second-order valence-electron chi connectivity index (χ2n) is 6.03. The van der Waals surface area contributed by atoms with E-state index in [1.54, 1.807) is 0 Å². The molecule has 0 unspecified atom stereocenters. The summed E-state index contributed by atoms with van der Waals surface area (Å²) in [7, 11) is 0. The van der Waals surface area contributed by atoms with E-state index < -0.39 is 5.79 Å². The second kappa shape index (κ2) is 5.65. The SMILES string of the molecule is CC1(C)O[C@@H]2[C@H](O1)[C@@H](COBr)O[C@H]2n1ccc2c(Cl)ncnc21. The van der Waals surface area contributed by atoms with Crippen LogP contribution in [0.15, 0.2) is 18.6 Å². The van der Waals surface area contributed by atoms with Crippen molar-refractivity contribution in [3.05, 3.63) is 23.7 Å². The first-order valence-electron chi connectivity index (χ1n) is 7.22. The summed E-state index contributed by atoms with van der Waals surface area (Å²) in [6.07, 6.45) is 2.20. The Balaban J connectivity index is 1.74. The Bertz CT molecular complexity index is 740. The first-order valence-corrected chi connectivity index (χ1v) is 8.24. The van der Waals surface area contributed by atoms with E-state index in [1.807, 2.05) is 30.7 Å². The number of nitrogens with zero attached hydrogens (tertiary/aromatic N) is 3. The van der Waals surface area contributed by atoms with Gasteiger partial charge in [0.05, 0.1) is 28.3 Å². The molecule has 2 fully saturated rings. The van der Waals surface area contributed by atoms with Crippen LogP contribution in [0.2, 0.25) is 5.15 Å². The average molecular weight is 405 g/mol. The van der Waals surface area contributed by atoms with Crippen molar-refractivity contribution in [2.75, 3.05) is 6.61 Å². The predicted molar refractivity (Wildman–Crippen MR) is 85.2 cm³/mol. The lowest BCUT2D eigenvalue weighted by molar-refractivity contribution is -0.198. The average Bonchev–Trinajstić information content (AvgIpc) is 3.13. The minimum Gasteiger partial charge on any atom is -0.347 e. The molecule has 0 amide bonds. The van der Waals surface area contributed by atoms with E-state index in [0.29, 0.717) is 17.4 Å². The van der Waals surface area contributed by atoms with Crippen molar-refractivity contribution >= 4 is 38.9 Å². The summed E-state index contributed by atoms with van der Waals surface area (Å²) in [5.74, 6) is -0.669. The van der Waals surface area contributed by atoms with Gasteiger partial charge in [-0.05, 0) is 19.9 Å². The van der Waals surface area contributed by atoms with E-state index in [2.05, 4.69) is 26.2 Å². The van der Waals surface area contributed by atoms with Crippen molar-refractivity contribution in [2.45, 2.75) is 44.2 Å². The van der Waals surface area contributed by atoms with Crippen molar-refractivity contribution in [2.24, 2.45) is 0 Å². The molecule has 4 rings (SSSR count). The number of hydrogen-bond acceptors (Lipinski definition) is 6. The van der Waals surface area contributed by atoms with Crippen LogP contribution in [-0.4, -0.2) is 45.2 Å². The Morgan fingerprint density at radius 1 is 1.35 bits per heavy atom. The molecule has 2 aromatic heterocycles. The Hall–Kier alpha value is -0.770. The topological polar surface area (TPSA) is 67.6 Å². The van der Waals surface area contributed by atoms with Crippen LogP contribution in [0.1, 0.15) is 20.1 Å². The van der Waals surface area contributed by atoms with Gasteiger partial charge in [-0.3, -0.25) is 0 Å². The number of halogens is 2. The van der Waals surface area contributed by atoms with Crippen molar-refractivity contribution in [3.8, 4) is 0 Å². The molecule has 0 aliphatic carbocycles. The third-order valence-electron chi connectivity index (χ3n) is 4.09. The summed E-state index contributed by atoms with van der Waals surface area (Å²) in [5.41, 5.74) is 0.697. The standard InChI is InChI=1S/C14H15BrClN3O4/c1-14(2)22-9-8(5-20-15)21-13(10(9)23-14)19-4-3-7-11(16)17-6-18-12(7)19/h3-4,6,8-10,13H,5H2,1-2H3/t8-,9-,10-,13-/m1/s1. The molecule has 2 aromatic rings. The normalized spacial score (nSPS) is 32.5. The fourth-order valence-corrected chi connectivity index (χ4v) is 3.68. The van der Waals surface area contributed by atoms with Crippen LogP contribution in [0.5, 0.6) is 0 Å². The number of aromatic nitrogens is 3. The van der Waals surface area contributed by atoms with Crippen molar-refractivity contribution in [3.63, 3.8) is 0 Å².